The van der Waals surface area contributed by atoms with Crippen LogP contribution < -0.4 is 4.90 Å². The lowest BCUT2D eigenvalue weighted by Gasteiger charge is -2.34. The Bertz CT molecular complexity index is 1140. The fourth-order valence-corrected chi connectivity index (χ4v) is 4.28. The Morgan fingerprint density at radius 3 is 2.36 bits per heavy atom. The molecule has 1 aromatic rings. The molecule has 0 N–H and O–H groups in total. The molecule has 4 fully saturated rings. The second kappa shape index (κ2) is 7.43. The number of nitrogens with zero attached hydrogens (tertiary/aromatic N) is 5. The van der Waals surface area contributed by atoms with Crippen molar-refractivity contribution in [2.45, 2.75) is 32.0 Å². The van der Waals surface area contributed by atoms with Crippen LogP contribution in [0.2, 0.25) is 0 Å². The average Bonchev–Trinajstić information content (AvgIpc) is 3.37. The van der Waals surface area contributed by atoms with Crippen LogP contribution in [-0.4, -0.2) is 70.8 Å². The third-order valence-electron chi connectivity index (χ3n) is 5.68. The van der Waals surface area contributed by atoms with Crippen LogP contribution in [0, 0.1) is 23.6 Å². The van der Waals surface area contributed by atoms with Crippen molar-refractivity contribution in [1.82, 2.24) is 19.8 Å². The summed E-state index contributed by atoms with van der Waals surface area (Å²) < 4.78 is 92.6. The highest BCUT2D eigenvalue weighted by Crippen LogP contribution is 2.56. The van der Waals surface area contributed by atoms with Crippen molar-refractivity contribution >= 4 is 17.8 Å². The van der Waals surface area contributed by atoms with Crippen LogP contribution in [0.4, 0.5) is 5.95 Å². The van der Waals surface area contributed by atoms with Gasteiger partial charge in [-0.3, -0.25) is 19.4 Å². The minimum Gasteiger partial charge on any atom is -0.338 e. The smallest absolute Gasteiger partial charge is 0.233 e. The zero-order valence-corrected chi connectivity index (χ0v) is 15.3. The Morgan fingerprint density at radius 1 is 1.07 bits per heavy atom. The molecule has 1 aromatic heterocycles. The van der Waals surface area contributed by atoms with Gasteiger partial charge in [0.15, 0.2) is 0 Å². The number of likely N-dealkylation sites (tertiary alicyclic amines) is 1. The van der Waals surface area contributed by atoms with Crippen molar-refractivity contribution in [3.8, 4) is 0 Å². The van der Waals surface area contributed by atoms with Gasteiger partial charge in [-0.25, -0.2) is 9.97 Å². The zero-order valence-electron chi connectivity index (χ0n) is 26.3. The van der Waals surface area contributed by atoms with Crippen LogP contribution in [0.5, 0.6) is 0 Å². The van der Waals surface area contributed by atoms with E-state index in [0.717, 1.165) is 4.90 Å². The summed E-state index contributed by atoms with van der Waals surface area (Å²) in [5, 5.41) is 0. The van der Waals surface area contributed by atoms with Crippen molar-refractivity contribution in [2.24, 2.45) is 23.6 Å². The molecular formula is C21H29N5O2. The molecule has 2 saturated heterocycles. The maximum atomic E-state index is 13.3. The molecule has 28 heavy (non-hydrogen) atoms. The lowest BCUT2D eigenvalue weighted by Crippen LogP contribution is -2.47. The first-order chi connectivity index (χ1) is 17.9. The molecule has 3 heterocycles. The largest absolute Gasteiger partial charge is 0.338 e. The lowest BCUT2D eigenvalue weighted by molar-refractivity contribution is -0.140. The van der Waals surface area contributed by atoms with Crippen molar-refractivity contribution in [2.75, 3.05) is 44.1 Å². The molecule has 2 unspecified atom stereocenters. The van der Waals surface area contributed by atoms with Gasteiger partial charge in [-0.1, -0.05) is 0 Å². The maximum absolute atomic E-state index is 13.3. The molecule has 4 aliphatic rings. The molecule has 7 nitrogen and oxygen atoms in total. The van der Waals surface area contributed by atoms with Gasteiger partial charge in [-0.05, 0) is 56.3 Å². The van der Waals surface area contributed by atoms with Crippen molar-refractivity contribution in [3.63, 3.8) is 0 Å². The number of hydrogen-bond donors (Lipinski definition) is 0. The van der Waals surface area contributed by atoms with Crippen molar-refractivity contribution < 1.29 is 24.7 Å². The second-order valence-electron chi connectivity index (χ2n) is 7.23. The zero-order chi connectivity index (χ0) is 28.9. The second-order valence-corrected chi connectivity index (χ2v) is 7.23. The molecule has 150 valence electrons. The Kier molecular flexibility index (Phi) is 2.56. The lowest BCUT2D eigenvalue weighted by atomic mass is 9.81. The predicted molar refractivity (Wildman–Crippen MR) is 104 cm³/mol. The molecule has 2 amide bonds. The quantitative estimate of drug-likeness (QED) is 0.680. The number of imide groups is 1. The summed E-state index contributed by atoms with van der Waals surface area (Å²) in [6.45, 7) is -3.70. The van der Waals surface area contributed by atoms with Gasteiger partial charge in [0.25, 0.3) is 0 Å². The van der Waals surface area contributed by atoms with Gasteiger partial charge in [0.05, 0.1) is 13.2 Å². The summed E-state index contributed by atoms with van der Waals surface area (Å²) >= 11 is 0. The SMILES string of the molecule is [2H]c1cnc(N2CCN(C([2H])([2H])C([2H])([2H])C([2H])([2H])CN3C(=O)[C@@]4([2H])[C@@H]5C[C@@H](C([2H])C5[2H])[C@@]4([2H])C3=O)CC2)nc1. The van der Waals surface area contributed by atoms with E-state index in [9.17, 15) is 9.59 Å². The summed E-state index contributed by atoms with van der Waals surface area (Å²) in [7, 11) is 0. The minimum absolute atomic E-state index is 0.0129. The number of aromatic nitrogens is 2. The topological polar surface area (TPSA) is 69.6 Å². The highest BCUT2D eigenvalue weighted by Gasteiger charge is 2.60. The predicted octanol–water partition coefficient (Wildman–Crippen LogP) is 1.41. The number of piperazine rings is 1. The van der Waals surface area contributed by atoms with Crippen molar-refractivity contribution in [3.05, 3.63) is 18.4 Å². The standard InChI is InChI=1S/C21H29N5O2/c27-19-17-15-4-5-16(14-15)18(17)20(28)26(19)9-2-1-8-24-10-12-25(13-11-24)21-22-6-3-7-23-21/h3,6-7,15-18H,1-2,4-5,8-14H2/t15-,16+,17-,18+/i1D2,2D2,3D,4D,5D,8D2,17D,18D/t4?,5?,15-,16+,17-,18+. The van der Waals surface area contributed by atoms with Crippen LogP contribution in [0.25, 0.3) is 0 Å². The molecular weight excluding hydrogens is 354 g/mol. The monoisotopic (exact) mass is 394 g/mol. The van der Waals surface area contributed by atoms with Gasteiger partial charge in [0.2, 0.25) is 17.8 Å². The van der Waals surface area contributed by atoms with Crippen molar-refractivity contribution in [1.29, 1.82) is 0 Å². The van der Waals surface area contributed by atoms with E-state index in [4.69, 9.17) is 15.1 Å². The van der Waals surface area contributed by atoms with Crippen LogP contribution in [0.3, 0.4) is 0 Å². The van der Waals surface area contributed by atoms with E-state index in [1.807, 2.05) is 0 Å². The van der Waals surface area contributed by atoms with E-state index in [1.54, 1.807) is 4.90 Å². The molecule has 6 atom stereocenters. The molecule has 2 aliphatic carbocycles. The summed E-state index contributed by atoms with van der Waals surface area (Å²) in [5.74, 6) is -8.87. The number of amides is 2. The fourth-order valence-electron chi connectivity index (χ4n) is 4.28. The molecule has 2 bridgehead atoms. The molecule has 0 spiro atoms. The van der Waals surface area contributed by atoms with Crippen LogP contribution in [0.15, 0.2) is 18.4 Å². The Labute approximate surface area is 181 Å². The Hall–Kier alpha value is -2.02. The van der Waals surface area contributed by atoms with Gasteiger partial charge in [-0.15, -0.1) is 0 Å². The van der Waals surface area contributed by atoms with E-state index in [-0.39, 0.29) is 38.6 Å². The normalized spacial score (nSPS) is 50.2. The van der Waals surface area contributed by atoms with Crippen LogP contribution >= 0.6 is 0 Å². The number of rotatable bonds is 6. The first-order valence-electron chi connectivity index (χ1n) is 15.1. The fraction of sp³-hybridized carbons (Fsp3) is 0.714. The average molecular weight is 395 g/mol. The van der Waals surface area contributed by atoms with Gasteiger partial charge >= 0.3 is 0 Å². The first kappa shape index (κ1) is 9.65. The number of anilines is 1. The Balaban J connectivity index is 1.34. The number of hydrogen-bond acceptors (Lipinski definition) is 6. The third-order valence-corrected chi connectivity index (χ3v) is 5.68. The molecule has 7 heteroatoms. The summed E-state index contributed by atoms with van der Waals surface area (Å²) in [5.41, 5.74) is 0. The minimum atomic E-state index is -3.25. The molecule has 0 aromatic carbocycles. The Morgan fingerprint density at radius 2 is 1.71 bits per heavy atom. The summed E-state index contributed by atoms with van der Waals surface area (Å²) in [6, 6.07) is 0.127. The number of carbonyl (C=O) groups is 2. The van der Waals surface area contributed by atoms with E-state index >= 15 is 0 Å². The third kappa shape index (κ3) is 3.09. The van der Waals surface area contributed by atoms with Gasteiger partial charge < -0.3 is 4.90 Å². The van der Waals surface area contributed by atoms with Gasteiger partial charge in [0, 0.05) is 58.8 Å². The molecule has 2 aliphatic heterocycles. The van der Waals surface area contributed by atoms with E-state index in [2.05, 4.69) is 9.97 Å². The van der Waals surface area contributed by atoms with Gasteiger partial charge in [0.1, 0.15) is 0 Å². The molecule has 5 rings (SSSR count). The number of fused-ring (bicyclic) bond motifs is 5. The molecule has 2 saturated carbocycles. The van der Waals surface area contributed by atoms with E-state index < -0.39 is 74.0 Å². The van der Waals surface area contributed by atoms with Crippen LogP contribution in [-0.2, 0) is 9.59 Å². The van der Waals surface area contributed by atoms with Gasteiger partial charge in [-0.2, -0.15) is 0 Å². The van der Waals surface area contributed by atoms with E-state index in [0.29, 0.717) is 10.8 Å². The highest BCUT2D eigenvalue weighted by atomic mass is 16.2. The summed E-state index contributed by atoms with van der Waals surface area (Å²) in [6.07, 6.45) is -5.99. The summed E-state index contributed by atoms with van der Waals surface area (Å²) in [4.78, 5) is 38.0. The number of carbonyl (C=O) groups excluding carboxylic acids is 2. The first-order valence-corrected chi connectivity index (χ1v) is 9.42. The van der Waals surface area contributed by atoms with E-state index in [1.165, 1.54) is 12.4 Å². The molecule has 0 radical (unpaired) electrons. The highest BCUT2D eigenvalue weighted by molar-refractivity contribution is 6.06. The maximum Gasteiger partial charge on any atom is 0.233 e. The van der Waals surface area contributed by atoms with Crippen LogP contribution in [0.1, 0.15) is 47.0 Å².